The van der Waals surface area contributed by atoms with E-state index < -0.39 is 5.60 Å². The third-order valence-electron chi connectivity index (χ3n) is 8.14. The number of amides is 1. The number of nitrogens with zero attached hydrogens (tertiary/aromatic N) is 6. The highest BCUT2D eigenvalue weighted by atomic mass is 16.3. The summed E-state index contributed by atoms with van der Waals surface area (Å²) in [5.74, 6) is -0.351. The standard InChI is InChI=1S/C29H34N8O2/c1-29(2,39)24-15-25-20(18-36(34-25)22-5-3-21(4-6-22)35-11-9-31-10-12-35)14-26(24)33-28(38)27-8-7-23-13-19(16-30)17-32-37(23)27/h7-8,13-15,17-18,21-22,31,39H,3-6,9-12H2,1-2H3,(H,33,38). The molecular weight excluding hydrogens is 492 g/mol. The number of aromatic nitrogens is 4. The van der Waals surface area contributed by atoms with E-state index in [9.17, 15) is 9.90 Å². The van der Waals surface area contributed by atoms with Gasteiger partial charge in [0.2, 0.25) is 0 Å². The molecule has 0 radical (unpaired) electrons. The lowest BCUT2D eigenvalue weighted by atomic mass is 9.90. The number of carbonyl (C=O) groups is 1. The monoisotopic (exact) mass is 526 g/mol. The Balaban J connectivity index is 1.25. The number of nitrogens with one attached hydrogen (secondary N) is 2. The van der Waals surface area contributed by atoms with Crippen LogP contribution in [0, 0.1) is 11.3 Å². The molecule has 0 unspecified atom stereocenters. The van der Waals surface area contributed by atoms with Gasteiger partial charge in [-0.25, -0.2) is 4.52 Å². The van der Waals surface area contributed by atoms with Gasteiger partial charge in [0.25, 0.3) is 5.91 Å². The van der Waals surface area contributed by atoms with Crippen molar-refractivity contribution in [3.63, 3.8) is 0 Å². The molecule has 1 amide bonds. The highest BCUT2D eigenvalue weighted by Crippen LogP contribution is 2.35. The summed E-state index contributed by atoms with van der Waals surface area (Å²) < 4.78 is 3.59. The summed E-state index contributed by atoms with van der Waals surface area (Å²) in [7, 11) is 0. The van der Waals surface area contributed by atoms with E-state index in [0.717, 1.165) is 49.9 Å². The van der Waals surface area contributed by atoms with Crippen LogP contribution in [0.4, 0.5) is 5.69 Å². The van der Waals surface area contributed by atoms with E-state index in [1.807, 2.05) is 12.1 Å². The minimum atomic E-state index is -1.19. The third kappa shape index (κ3) is 5.01. The number of aliphatic hydroxyl groups is 1. The van der Waals surface area contributed by atoms with Crippen molar-refractivity contribution in [1.82, 2.24) is 29.6 Å². The highest BCUT2D eigenvalue weighted by Gasteiger charge is 2.29. The zero-order valence-corrected chi connectivity index (χ0v) is 22.4. The number of nitriles is 1. The second-order valence-electron chi connectivity index (χ2n) is 11.2. The van der Waals surface area contributed by atoms with Gasteiger partial charge in [-0.05, 0) is 69.9 Å². The first-order chi connectivity index (χ1) is 18.8. The van der Waals surface area contributed by atoms with Crippen LogP contribution in [0.2, 0.25) is 0 Å². The first kappa shape index (κ1) is 25.5. The Morgan fingerprint density at radius 2 is 1.87 bits per heavy atom. The van der Waals surface area contributed by atoms with Crippen molar-refractivity contribution in [2.24, 2.45) is 0 Å². The molecule has 6 rings (SSSR count). The Morgan fingerprint density at radius 3 is 2.59 bits per heavy atom. The van der Waals surface area contributed by atoms with E-state index in [2.05, 4.69) is 37.6 Å². The Hall–Kier alpha value is -3.78. The van der Waals surface area contributed by atoms with Gasteiger partial charge in [-0.15, -0.1) is 0 Å². The summed E-state index contributed by atoms with van der Waals surface area (Å²) in [6.07, 6.45) is 8.02. The summed E-state index contributed by atoms with van der Waals surface area (Å²) in [6, 6.07) is 12.0. The molecule has 1 aliphatic heterocycles. The van der Waals surface area contributed by atoms with Gasteiger partial charge in [0, 0.05) is 55.1 Å². The van der Waals surface area contributed by atoms with Crippen molar-refractivity contribution in [3.05, 3.63) is 59.5 Å². The van der Waals surface area contributed by atoms with Crippen LogP contribution in [0.25, 0.3) is 16.4 Å². The van der Waals surface area contributed by atoms with Gasteiger partial charge in [-0.1, -0.05) is 0 Å². The quantitative estimate of drug-likeness (QED) is 0.364. The molecule has 39 heavy (non-hydrogen) atoms. The van der Waals surface area contributed by atoms with Crippen LogP contribution in [-0.4, -0.2) is 67.5 Å². The van der Waals surface area contributed by atoms with Crippen LogP contribution < -0.4 is 10.6 Å². The second kappa shape index (κ2) is 10.1. The number of hydrogen-bond donors (Lipinski definition) is 3. The van der Waals surface area contributed by atoms with Crippen LogP contribution in [0.15, 0.2) is 42.7 Å². The minimum absolute atomic E-state index is 0.341. The average Bonchev–Trinajstić information content (AvgIpc) is 3.56. The number of anilines is 1. The van der Waals surface area contributed by atoms with Crippen LogP contribution in [0.3, 0.4) is 0 Å². The summed E-state index contributed by atoms with van der Waals surface area (Å²) in [6.45, 7) is 7.82. The van der Waals surface area contributed by atoms with E-state index in [0.29, 0.717) is 40.1 Å². The molecule has 3 N–H and O–H groups in total. The molecule has 0 bridgehead atoms. The van der Waals surface area contributed by atoms with Gasteiger partial charge >= 0.3 is 0 Å². The zero-order chi connectivity index (χ0) is 27.1. The molecule has 10 nitrogen and oxygen atoms in total. The van der Waals surface area contributed by atoms with E-state index >= 15 is 0 Å². The fourth-order valence-corrected chi connectivity index (χ4v) is 6.04. The molecule has 2 aliphatic rings. The SMILES string of the molecule is CC(C)(O)c1cc2nn(C3CCC(N4CCNCC4)CC3)cc2cc1NC(=O)c1ccc2cc(C#N)cnn12. The summed E-state index contributed by atoms with van der Waals surface area (Å²) in [5.41, 5.74) is 2.16. The Bertz CT molecular complexity index is 1560. The number of benzene rings is 1. The van der Waals surface area contributed by atoms with Gasteiger partial charge in [0.05, 0.1) is 34.4 Å². The molecule has 202 valence electrons. The fourth-order valence-electron chi connectivity index (χ4n) is 6.04. The molecule has 1 saturated carbocycles. The van der Waals surface area contributed by atoms with Crippen LogP contribution in [-0.2, 0) is 5.60 Å². The maximum Gasteiger partial charge on any atom is 0.274 e. The lowest BCUT2D eigenvalue weighted by Gasteiger charge is -2.39. The summed E-state index contributed by atoms with van der Waals surface area (Å²) >= 11 is 0. The first-order valence-electron chi connectivity index (χ1n) is 13.7. The molecule has 1 aromatic carbocycles. The van der Waals surface area contributed by atoms with Gasteiger partial charge in [0.15, 0.2) is 0 Å². The normalized spacial score (nSPS) is 20.8. The predicted octanol–water partition coefficient (Wildman–Crippen LogP) is 3.42. The topological polar surface area (TPSA) is 124 Å². The van der Waals surface area contributed by atoms with Gasteiger partial charge in [0.1, 0.15) is 11.8 Å². The molecular formula is C29H34N8O2. The fraction of sp³-hybridized carbons (Fsp3) is 0.448. The lowest BCUT2D eigenvalue weighted by molar-refractivity contribution is 0.0793. The van der Waals surface area contributed by atoms with Crippen molar-refractivity contribution < 1.29 is 9.90 Å². The van der Waals surface area contributed by atoms with E-state index in [1.54, 1.807) is 32.0 Å². The molecule has 10 heteroatoms. The van der Waals surface area contributed by atoms with Crippen molar-refractivity contribution >= 4 is 28.0 Å². The molecule has 1 aliphatic carbocycles. The predicted molar refractivity (Wildman–Crippen MR) is 149 cm³/mol. The second-order valence-corrected chi connectivity index (χ2v) is 11.2. The van der Waals surface area contributed by atoms with Crippen LogP contribution >= 0.6 is 0 Å². The lowest BCUT2D eigenvalue weighted by Crippen LogP contribution is -2.49. The first-order valence-corrected chi connectivity index (χ1v) is 13.7. The average molecular weight is 527 g/mol. The molecule has 4 aromatic rings. The maximum atomic E-state index is 13.3. The third-order valence-corrected chi connectivity index (χ3v) is 8.14. The number of hydrogen-bond acceptors (Lipinski definition) is 7. The van der Waals surface area contributed by atoms with Gasteiger partial charge in [-0.2, -0.15) is 15.5 Å². The van der Waals surface area contributed by atoms with E-state index in [1.165, 1.54) is 23.6 Å². The zero-order valence-electron chi connectivity index (χ0n) is 22.4. The van der Waals surface area contributed by atoms with E-state index in [-0.39, 0.29) is 5.91 Å². The number of fused-ring (bicyclic) bond motifs is 2. The summed E-state index contributed by atoms with van der Waals surface area (Å²) in [4.78, 5) is 16.0. The molecule has 0 spiro atoms. The van der Waals surface area contributed by atoms with Crippen molar-refractivity contribution in [3.8, 4) is 6.07 Å². The summed E-state index contributed by atoms with van der Waals surface area (Å²) in [5, 5.41) is 36.6. The number of carbonyl (C=O) groups excluding carboxylic acids is 1. The number of piperazine rings is 1. The van der Waals surface area contributed by atoms with Crippen LogP contribution in [0.1, 0.15) is 67.2 Å². The molecule has 1 saturated heterocycles. The van der Waals surface area contributed by atoms with Crippen molar-refractivity contribution in [1.29, 1.82) is 5.26 Å². The number of rotatable bonds is 5. The minimum Gasteiger partial charge on any atom is -0.386 e. The van der Waals surface area contributed by atoms with Crippen LogP contribution in [0.5, 0.6) is 0 Å². The molecule has 0 atom stereocenters. The Morgan fingerprint density at radius 1 is 1.13 bits per heavy atom. The largest absolute Gasteiger partial charge is 0.386 e. The van der Waals surface area contributed by atoms with Gasteiger partial charge in [-0.3, -0.25) is 14.4 Å². The smallest absolute Gasteiger partial charge is 0.274 e. The van der Waals surface area contributed by atoms with E-state index in [4.69, 9.17) is 10.4 Å². The highest BCUT2D eigenvalue weighted by molar-refractivity contribution is 6.05. The molecule has 4 heterocycles. The van der Waals surface area contributed by atoms with Crippen molar-refractivity contribution in [2.75, 3.05) is 31.5 Å². The maximum absolute atomic E-state index is 13.3. The van der Waals surface area contributed by atoms with Gasteiger partial charge < -0.3 is 15.7 Å². The Labute approximate surface area is 227 Å². The van der Waals surface area contributed by atoms with Crippen molar-refractivity contribution in [2.45, 2.75) is 57.2 Å². The Kier molecular flexibility index (Phi) is 6.59. The molecule has 3 aromatic heterocycles. The molecule has 2 fully saturated rings.